The highest BCUT2D eigenvalue weighted by atomic mass is 32.2. The molecule has 1 aliphatic heterocycles. The Kier molecular flexibility index (Phi) is 8.24. The number of esters is 1. The first-order valence-corrected chi connectivity index (χ1v) is 10.7. The van der Waals surface area contributed by atoms with Crippen molar-refractivity contribution >= 4 is 23.7 Å². The maximum atomic E-state index is 12.7. The zero-order valence-corrected chi connectivity index (χ0v) is 16.5. The number of hydrogen-bond acceptors (Lipinski definition) is 10. The van der Waals surface area contributed by atoms with Crippen LogP contribution in [0.15, 0.2) is 0 Å². The van der Waals surface area contributed by atoms with Crippen LogP contribution in [0.5, 0.6) is 0 Å². The molecule has 1 heterocycles. The minimum absolute atomic E-state index is 0.0469. The largest absolute Gasteiger partial charge is 0.523 e. The van der Waals surface area contributed by atoms with Crippen LogP contribution in [-0.4, -0.2) is 57.6 Å². The summed E-state index contributed by atoms with van der Waals surface area (Å²) in [7, 11) is -10.8. The molecule has 3 atom stereocenters. The molecule has 10 nitrogen and oxygen atoms in total. The van der Waals surface area contributed by atoms with Crippen LogP contribution in [0.2, 0.25) is 0 Å². The van der Waals surface area contributed by atoms with Gasteiger partial charge in [-0.1, -0.05) is 0 Å². The predicted molar refractivity (Wildman–Crippen MR) is 81.7 cm³/mol. The number of halogens is 3. The number of carbonyl (C=O) groups excluding carboxylic acids is 1. The van der Waals surface area contributed by atoms with Crippen molar-refractivity contribution in [2.75, 3.05) is 13.0 Å². The van der Waals surface area contributed by atoms with E-state index in [0.29, 0.717) is 0 Å². The van der Waals surface area contributed by atoms with E-state index in [4.69, 9.17) is 18.5 Å². The summed E-state index contributed by atoms with van der Waals surface area (Å²) in [6.45, 7) is 5.36. The number of carbonyl (C=O) groups is 1. The number of hydrogen-bond donors (Lipinski definition) is 0. The molecule has 1 unspecified atom stereocenters. The van der Waals surface area contributed by atoms with Gasteiger partial charge in [-0.15, -0.1) is 0 Å². The van der Waals surface area contributed by atoms with E-state index in [-0.39, 0.29) is 6.61 Å². The van der Waals surface area contributed by atoms with Crippen LogP contribution in [0.3, 0.4) is 0 Å². The first-order valence-electron chi connectivity index (χ1n) is 7.60. The highest BCUT2D eigenvalue weighted by molar-refractivity contribution is 7.87. The third-order valence-corrected chi connectivity index (χ3v) is 5.85. The van der Waals surface area contributed by atoms with E-state index in [0.717, 1.165) is 6.92 Å². The molecular formula is C12H20F3O10PS. The van der Waals surface area contributed by atoms with Crippen molar-refractivity contribution in [1.82, 2.24) is 0 Å². The van der Waals surface area contributed by atoms with Crippen LogP contribution in [0.25, 0.3) is 0 Å². The molecule has 0 radical (unpaired) electrons. The Morgan fingerprint density at radius 1 is 1.22 bits per heavy atom. The van der Waals surface area contributed by atoms with Crippen molar-refractivity contribution in [1.29, 1.82) is 0 Å². The van der Waals surface area contributed by atoms with Gasteiger partial charge in [0.2, 0.25) is 0 Å². The van der Waals surface area contributed by atoms with Gasteiger partial charge in [-0.05, 0) is 27.7 Å². The van der Waals surface area contributed by atoms with Gasteiger partial charge in [-0.2, -0.15) is 21.6 Å². The second kappa shape index (κ2) is 9.16. The predicted octanol–water partition coefficient (Wildman–Crippen LogP) is 2.10. The molecular weight excluding hydrogens is 424 g/mol. The Morgan fingerprint density at radius 3 is 2.22 bits per heavy atom. The van der Waals surface area contributed by atoms with Crippen LogP contribution < -0.4 is 0 Å². The lowest BCUT2D eigenvalue weighted by Crippen LogP contribution is -2.46. The lowest BCUT2D eigenvalue weighted by atomic mass is 10.3. The molecule has 0 aromatic carbocycles. The van der Waals surface area contributed by atoms with Gasteiger partial charge < -0.3 is 14.2 Å². The quantitative estimate of drug-likeness (QED) is 0.214. The van der Waals surface area contributed by atoms with Gasteiger partial charge in [0.1, 0.15) is 6.10 Å². The van der Waals surface area contributed by atoms with E-state index >= 15 is 0 Å². The summed E-state index contributed by atoms with van der Waals surface area (Å²) in [4.78, 5) is 11.6. The zero-order valence-electron chi connectivity index (χ0n) is 14.8. The number of rotatable bonds is 10. The van der Waals surface area contributed by atoms with Crippen LogP contribution in [0.1, 0.15) is 27.7 Å². The van der Waals surface area contributed by atoms with Crippen molar-refractivity contribution in [3.05, 3.63) is 0 Å². The Balaban J connectivity index is 2.90. The van der Waals surface area contributed by atoms with Crippen molar-refractivity contribution in [3.63, 3.8) is 0 Å². The summed E-state index contributed by atoms with van der Waals surface area (Å²) in [5.41, 5.74) is -5.74. The SMILES string of the molecule is CCOC(=O)[C@H](C)OP(=O)(COS(=O)(=O)C(F)(F)F)O[C@@H](C)C1OC(C)O1. The summed E-state index contributed by atoms with van der Waals surface area (Å²) in [6, 6.07) is 0. The zero-order chi connectivity index (χ0) is 21.0. The molecule has 0 spiro atoms. The molecule has 27 heavy (non-hydrogen) atoms. The minimum Gasteiger partial charge on any atom is -0.464 e. The van der Waals surface area contributed by atoms with Crippen molar-refractivity contribution in [2.24, 2.45) is 0 Å². The molecule has 0 aliphatic carbocycles. The highest BCUT2D eigenvalue weighted by Gasteiger charge is 2.49. The molecule has 1 fully saturated rings. The second-order valence-electron chi connectivity index (χ2n) is 5.28. The Bertz CT molecular complexity index is 661. The highest BCUT2D eigenvalue weighted by Crippen LogP contribution is 2.52. The van der Waals surface area contributed by atoms with E-state index < -0.39 is 60.3 Å². The first-order chi connectivity index (χ1) is 12.2. The van der Waals surface area contributed by atoms with Gasteiger partial charge in [0.05, 0.1) is 6.61 Å². The molecule has 160 valence electrons. The van der Waals surface area contributed by atoms with Gasteiger partial charge >= 0.3 is 29.2 Å². The molecule has 0 saturated carbocycles. The molecule has 0 amide bonds. The molecule has 1 rings (SSSR count). The minimum atomic E-state index is -6.06. The van der Waals surface area contributed by atoms with E-state index in [1.54, 1.807) is 6.92 Å². The molecule has 1 saturated heterocycles. The molecule has 0 N–H and O–H groups in total. The summed E-state index contributed by atoms with van der Waals surface area (Å²) in [5, 5.41) is 0. The number of alkyl halides is 3. The van der Waals surface area contributed by atoms with Gasteiger partial charge in [0.15, 0.2) is 25.0 Å². The molecule has 0 aromatic rings. The Morgan fingerprint density at radius 2 is 1.78 bits per heavy atom. The standard InChI is InChI=1S/C12H20F3O10PS/c1-5-20-10(16)7(2)24-26(17,6-21-27(18,19)12(13,14)15)25-8(3)11-22-9(4)23-11/h7-9,11H,5-6H2,1-4H3/t7-,8-,9?,11?,26?/m0/s1. The van der Waals surface area contributed by atoms with E-state index in [1.807, 2.05) is 0 Å². The summed E-state index contributed by atoms with van der Waals surface area (Å²) >= 11 is 0. The third kappa shape index (κ3) is 6.97. The Labute approximate surface area is 153 Å². The molecule has 0 bridgehead atoms. The normalized spacial score (nSPS) is 25.1. The average molecular weight is 444 g/mol. The van der Waals surface area contributed by atoms with Crippen LogP contribution in [-0.2, 0) is 46.9 Å². The van der Waals surface area contributed by atoms with Crippen LogP contribution in [0, 0.1) is 0 Å². The topological polar surface area (TPSA) is 124 Å². The van der Waals surface area contributed by atoms with Gasteiger partial charge in [-0.3, -0.25) is 17.8 Å². The fourth-order valence-corrected chi connectivity index (χ4v) is 4.29. The lowest BCUT2D eigenvalue weighted by molar-refractivity contribution is -0.394. The van der Waals surface area contributed by atoms with Gasteiger partial charge in [0, 0.05) is 0 Å². The molecule has 1 aliphatic rings. The van der Waals surface area contributed by atoms with E-state index in [1.165, 1.54) is 13.8 Å². The molecule has 0 aromatic heterocycles. The number of ether oxygens (including phenoxy) is 3. The third-order valence-electron chi connectivity index (χ3n) is 2.95. The fraction of sp³-hybridized carbons (Fsp3) is 0.917. The van der Waals surface area contributed by atoms with Crippen LogP contribution >= 0.6 is 7.60 Å². The van der Waals surface area contributed by atoms with Crippen molar-refractivity contribution in [2.45, 2.75) is 58.0 Å². The summed E-state index contributed by atoms with van der Waals surface area (Å²) in [6.07, 6.45) is -5.90. The average Bonchev–Trinajstić information content (AvgIpc) is 2.49. The monoisotopic (exact) mass is 444 g/mol. The van der Waals surface area contributed by atoms with E-state index in [9.17, 15) is 30.9 Å². The van der Waals surface area contributed by atoms with Gasteiger partial charge in [-0.25, -0.2) is 4.79 Å². The fourth-order valence-electron chi connectivity index (χ4n) is 1.74. The van der Waals surface area contributed by atoms with Crippen molar-refractivity contribution < 1.29 is 58.4 Å². The lowest BCUT2D eigenvalue weighted by Gasteiger charge is -2.38. The molecule has 15 heteroatoms. The smallest absolute Gasteiger partial charge is 0.464 e. The van der Waals surface area contributed by atoms with Crippen molar-refractivity contribution in [3.8, 4) is 0 Å². The Hall–Kier alpha value is -0.760. The second-order valence-corrected chi connectivity index (χ2v) is 8.78. The van der Waals surface area contributed by atoms with E-state index in [2.05, 4.69) is 8.92 Å². The summed E-state index contributed by atoms with van der Waals surface area (Å²) < 4.78 is 100. The summed E-state index contributed by atoms with van der Waals surface area (Å²) in [5.74, 6) is -0.988. The maximum Gasteiger partial charge on any atom is 0.523 e. The van der Waals surface area contributed by atoms with Crippen LogP contribution in [0.4, 0.5) is 13.2 Å². The first kappa shape index (κ1) is 24.3. The maximum absolute atomic E-state index is 12.7. The van der Waals surface area contributed by atoms with Gasteiger partial charge in [0.25, 0.3) is 0 Å².